The molecule has 1 aliphatic rings. The zero-order chi connectivity index (χ0) is 15.5. The normalized spacial score (nSPS) is 18.6. The van der Waals surface area contributed by atoms with Crippen molar-refractivity contribution in [1.29, 1.82) is 0 Å². The lowest BCUT2D eigenvalue weighted by molar-refractivity contribution is -0.0669. The Hall–Kier alpha value is -1.10. The van der Waals surface area contributed by atoms with Gasteiger partial charge in [0.1, 0.15) is 0 Å². The van der Waals surface area contributed by atoms with Gasteiger partial charge in [-0.05, 0) is 38.3 Å². The van der Waals surface area contributed by atoms with Crippen LogP contribution in [0.4, 0.5) is 0 Å². The maximum atomic E-state index is 11.1. The molecular weight excluding hydrogens is 290 g/mol. The molecule has 1 aliphatic heterocycles. The maximum absolute atomic E-state index is 11.1. The molecule has 1 saturated heterocycles. The molecule has 0 unspecified atom stereocenters. The summed E-state index contributed by atoms with van der Waals surface area (Å²) in [6, 6.07) is 5.18. The number of ether oxygens (including phenoxy) is 1. The van der Waals surface area contributed by atoms with E-state index in [4.69, 9.17) is 21.4 Å². The monoisotopic (exact) mass is 311 g/mol. The minimum Gasteiger partial charge on any atom is -0.478 e. The average molecular weight is 312 g/mol. The first-order valence-corrected chi connectivity index (χ1v) is 7.70. The molecular formula is C16H22ClNO3. The number of carbonyl (C=O) groups is 1. The number of rotatable bonds is 5. The summed E-state index contributed by atoms with van der Waals surface area (Å²) < 4.78 is 5.81. The van der Waals surface area contributed by atoms with Crippen molar-refractivity contribution in [2.45, 2.75) is 38.8 Å². The molecule has 0 saturated carbocycles. The van der Waals surface area contributed by atoms with Gasteiger partial charge in [0.15, 0.2) is 0 Å². The Balaban J connectivity index is 2.01. The van der Waals surface area contributed by atoms with Crippen molar-refractivity contribution in [2.75, 3.05) is 19.7 Å². The predicted octanol–water partition coefficient (Wildman–Crippen LogP) is 3.43. The Bertz CT molecular complexity index is 510. The highest BCUT2D eigenvalue weighted by Crippen LogP contribution is 2.28. The second-order valence-corrected chi connectivity index (χ2v) is 6.12. The van der Waals surface area contributed by atoms with E-state index < -0.39 is 5.97 Å². The van der Waals surface area contributed by atoms with Gasteiger partial charge < -0.3 is 9.84 Å². The Morgan fingerprint density at radius 2 is 2.10 bits per heavy atom. The summed E-state index contributed by atoms with van der Waals surface area (Å²) in [7, 11) is 0. The van der Waals surface area contributed by atoms with Gasteiger partial charge in [0, 0.05) is 26.2 Å². The molecule has 0 spiro atoms. The van der Waals surface area contributed by atoms with Crippen LogP contribution in [0.25, 0.3) is 0 Å². The minimum absolute atomic E-state index is 0.0298. The maximum Gasteiger partial charge on any atom is 0.337 e. The van der Waals surface area contributed by atoms with Crippen LogP contribution in [-0.2, 0) is 11.3 Å². The molecule has 1 aromatic carbocycles. The molecule has 5 heteroatoms. The number of likely N-dealkylation sites (tertiary alicyclic amines) is 1. The number of benzene rings is 1. The fourth-order valence-corrected chi connectivity index (χ4v) is 3.05. The highest BCUT2D eigenvalue weighted by atomic mass is 35.5. The lowest BCUT2D eigenvalue weighted by Crippen LogP contribution is -2.43. The molecule has 0 amide bonds. The van der Waals surface area contributed by atoms with Gasteiger partial charge >= 0.3 is 5.97 Å². The number of aromatic carboxylic acids is 1. The van der Waals surface area contributed by atoms with Crippen LogP contribution in [0.3, 0.4) is 0 Å². The van der Waals surface area contributed by atoms with E-state index >= 15 is 0 Å². The lowest BCUT2D eigenvalue weighted by atomic mass is 9.93. The van der Waals surface area contributed by atoms with Crippen LogP contribution >= 0.6 is 11.6 Å². The Kier molecular flexibility index (Phi) is 5.25. The quantitative estimate of drug-likeness (QED) is 0.905. The van der Waals surface area contributed by atoms with Gasteiger partial charge in [0.25, 0.3) is 0 Å². The molecule has 0 aromatic heterocycles. The van der Waals surface area contributed by atoms with Crippen molar-refractivity contribution < 1.29 is 14.6 Å². The number of carboxylic acids is 1. The number of nitrogens with zero attached hydrogens (tertiary/aromatic N) is 1. The van der Waals surface area contributed by atoms with Gasteiger partial charge in [0.2, 0.25) is 0 Å². The number of carboxylic acid groups (broad SMARTS) is 1. The molecule has 21 heavy (non-hydrogen) atoms. The first-order chi connectivity index (χ1) is 9.95. The first-order valence-electron chi connectivity index (χ1n) is 7.32. The van der Waals surface area contributed by atoms with E-state index in [1.54, 1.807) is 6.07 Å². The van der Waals surface area contributed by atoms with Gasteiger partial charge in [-0.1, -0.05) is 23.7 Å². The fourth-order valence-electron chi connectivity index (χ4n) is 2.78. The number of piperidine rings is 1. The molecule has 0 bridgehead atoms. The SMILES string of the molecule is CCOC1(C)CCN(Cc2cccc(C(=O)O)c2Cl)CC1. The second kappa shape index (κ2) is 6.77. The summed E-state index contributed by atoms with van der Waals surface area (Å²) in [6.45, 7) is 7.47. The molecule has 2 rings (SSSR count). The van der Waals surface area contributed by atoms with Gasteiger partial charge in [-0.25, -0.2) is 4.79 Å². The molecule has 4 nitrogen and oxygen atoms in total. The molecule has 1 heterocycles. The summed E-state index contributed by atoms with van der Waals surface area (Å²) in [5.74, 6) is -0.982. The minimum atomic E-state index is -0.982. The third kappa shape index (κ3) is 3.96. The molecule has 1 N–H and O–H groups in total. The summed E-state index contributed by atoms with van der Waals surface area (Å²) in [5.41, 5.74) is 1.01. The van der Waals surface area contributed by atoms with E-state index in [0.717, 1.165) is 38.1 Å². The van der Waals surface area contributed by atoms with E-state index in [9.17, 15) is 4.79 Å². The van der Waals surface area contributed by atoms with Crippen molar-refractivity contribution >= 4 is 17.6 Å². The topological polar surface area (TPSA) is 49.8 Å². The molecule has 0 radical (unpaired) electrons. The molecule has 1 fully saturated rings. The number of hydrogen-bond donors (Lipinski definition) is 1. The average Bonchev–Trinajstić information content (AvgIpc) is 2.43. The third-order valence-corrected chi connectivity index (χ3v) is 4.56. The van der Waals surface area contributed by atoms with Crippen LogP contribution in [0.5, 0.6) is 0 Å². The van der Waals surface area contributed by atoms with Gasteiger partial charge in [-0.3, -0.25) is 4.90 Å². The molecule has 0 atom stereocenters. The zero-order valence-electron chi connectivity index (χ0n) is 12.6. The van der Waals surface area contributed by atoms with E-state index in [-0.39, 0.29) is 11.2 Å². The van der Waals surface area contributed by atoms with Crippen LogP contribution < -0.4 is 0 Å². The van der Waals surface area contributed by atoms with Crippen LogP contribution in [-0.4, -0.2) is 41.3 Å². The molecule has 116 valence electrons. The van der Waals surface area contributed by atoms with Crippen LogP contribution in [0.1, 0.15) is 42.6 Å². The van der Waals surface area contributed by atoms with Crippen molar-refractivity contribution in [1.82, 2.24) is 4.90 Å². The van der Waals surface area contributed by atoms with E-state index in [0.29, 0.717) is 11.6 Å². The highest BCUT2D eigenvalue weighted by molar-refractivity contribution is 6.34. The highest BCUT2D eigenvalue weighted by Gasteiger charge is 2.30. The molecule has 0 aliphatic carbocycles. The standard InChI is InChI=1S/C16H22ClNO3/c1-3-21-16(2)7-9-18(10-8-16)11-12-5-4-6-13(14(12)17)15(19)20/h4-6H,3,7-11H2,1-2H3,(H,19,20). The Labute approximate surface area is 130 Å². The fraction of sp³-hybridized carbons (Fsp3) is 0.562. The van der Waals surface area contributed by atoms with Crippen molar-refractivity contribution in [2.24, 2.45) is 0 Å². The predicted molar refractivity (Wildman–Crippen MR) is 83.0 cm³/mol. The summed E-state index contributed by atoms with van der Waals surface area (Å²) in [4.78, 5) is 13.4. The van der Waals surface area contributed by atoms with E-state index in [2.05, 4.69) is 11.8 Å². The van der Waals surface area contributed by atoms with Crippen molar-refractivity contribution in [3.63, 3.8) is 0 Å². The number of hydrogen-bond acceptors (Lipinski definition) is 3. The first kappa shape index (κ1) is 16.3. The van der Waals surface area contributed by atoms with Gasteiger partial charge in [-0.2, -0.15) is 0 Å². The third-order valence-electron chi connectivity index (χ3n) is 4.11. The van der Waals surface area contributed by atoms with Crippen LogP contribution in [0, 0.1) is 0 Å². The summed E-state index contributed by atoms with van der Waals surface area (Å²) in [5, 5.41) is 9.46. The van der Waals surface area contributed by atoms with Gasteiger partial charge in [-0.15, -0.1) is 0 Å². The molecule has 1 aromatic rings. The second-order valence-electron chi connectivity index (χ2n) is 5.74. The van der Waals surface area contributed by atoms with Crippen molar-refractivity contribution in [3.8, 4) is 0 Å². The zero-order valence-corrected chi connectivity index (χ0v) is 13.3. The Morgan fingerprint density at radius 1 is 1.43 bits per heavy atom. The van der Waals surface area contributed by atoms with Crippen molar-refractivity contribution in [3.05, 3.63) is 34.3 Å². The van der Waals surface area contributed by atoms with Gasteiger partial charge in [0.05, 0.1) is 16.2 Å². The smallest absolute Gasteiger partial charge is 0.337 e. The largest absolute Gasteiger partial charge is 0.478 e. The number of halogens is 1. The van der Waals surface area contributed by atoms with Crippen LogP contribution in [0.15, 0.2) is 18.2 Å². The van der Waals surface area contributed by atoms with E-state index in [1.165, 1.54) is 6.07 Å². The van der Waals surface area contributed by atoms with E-state index in [1.807, 2.05) is 13.0 Å². The summed E-state index contributed by atoms with van der Waals surface area (Å²) in [6.07, 6.45) is 1.97. The lowest BCUT2D eigenvalue weighted by Gasteiger charge is -2.39. The summed E-state index contributed by atoms with van der Waals surface area (Å²) >= 11 is 6.20. The van der Waals surface area contributed by atoms with Crippen LogP contribution in [0.2, 0.25) is 5.02 Å². The Morgan fingerprint density at radius 3 is 2.67 bits per heavy atom.